The Morgan fingerprint density at radius 3 is 2.90 bits per heavy atom. The Morgan fingerprint density at radius 2 is 2.10 bits per heavy atom. The number of rotatable bonds is 6. The topological polar surface area (TPSA) is 49.9 Å². The summed E-state index contributed by atoms with van der Waals surface area (Å²) in [5, 5.41) is 4.06. The van der Waals surface area contributed by atoms with E-state index in [0.717, 1.165) is 49.2 Å². The Kier molecular flexibility index (Phi) is 6.19. The standard InChI is InChI=1S/C23H28N2O3S/c1-28-21-5-3-2-4-18(21)8-12-25-20-9-11-24(15-19(20)6-7-22(25)26)23(27)14-17-10-13-29-16-17/h2-5,10,13,16,19-20H,6-9,11-12,14-15H2,1H3/t19-,20+/m0/s1. The summed E-state index contributed by atoms with van der Waals surface area (Å²) >= 11 is 1.63. The monoisotopic (exact) mass is 412 g/mol. The molecular formula is C23H28N2O3S. The van der Waals surface area contributed by atoms with Gasteiger partial charge in [-0.1, -0.05) is 18.2 Å². The van der Waals surface area contributed by atoms with Crippen LogP contribution in [0.3, 0.4) is 0 Å². The van der Waals surface area contributed by atoms with E-state index in [1.807, 2.05) is 39.9 Å². The molecule has 0 radical (unpaired) electrons. The van der Waals surface area contributed by atoms with E-state index >= 15 is 0 Å². The fourth-order valence-electron chi connectivity index (χ4n) is 4.70. The normalized spacial score (nSPS) is 21.8. The van der Waals surface area contributed by atoms with Crippen LogP contribution in [-0.2, 0) is 22.4 Å². The Balaban J connectivity index is 1.38. The van der Waals surface area contributed by atoms with Crippen LogP contribution in [0.25, 0.3) is 0 Å². The molecule has 1 aromatic carbocycles. The second kappa shape index (κ2) is 8.99. The van der Waals surface area contributed by atoms with E-state index in [0.29, 0.717) is 25.3 Å². The lowest BCUT2D eigenvalue weighted by molar-refractivity contribution is -0.143. The van der Waals surface area contributed by atoms with Gasteiger partial charge in [0, 0.05) is 32.1 Å². The van der Waals surface area contributed by atoms with Crippen LogP contribution < -0.4 is 4.74 Å². The molecule has 4 rings (SSSR count). The molecule has 0 N–H and O–H groups in total. The molecule has 1 aromatic heterocycles. The predicted octanol–water partition coefficient (Wildman–Crippen LogP) is 3.38. The van der Waals surface area contributed by atoms with E-state index in [1.54, 1.807) is 18.4 Å². The number of fused-ring (bicyclic) bond motifs is 1. The predicted molar refractivity (Wildman–Crippen MR) is 114 cm³/mol. The van der Waals surface area contributed by atoms with Gasteiger partial charge in [-0.2, -0.15) is 11.3 Å². The zero-order valence-electron chi connectivity index (χ0n) is 16.9. The van der Waals surface area contributed by atoms with Gasteiger partial charge in [-0.25, -0.2) is 0 Å². The van der Waals surface area contributed by atoms with Crippen LogP contribution in [0.5, 0.6) is 5.75 Å². The molecule has 2 fully saturated rings. The van der Waals surface area contributed by atoms with E-state index < -0.39 is 0 Å². The number of hydrogen-bond acceptors (Lipinski definition) is 4. The highest BCUT2D eigenvalue weighted by Gasteiger charge is 2.40. The Labute approximate surface area is 176 Å². The van der Waals surface area contributed by atoms with E-state index in [-0.39, 0.29) is 17.9 Å². The summed E-state index contributed by atoms with van der Waals surface area (Å²) in [6, 6.07) is 10.3. The third-order valence-electron chi connectivity index (χ3n) is 6.25. The first-order valence-corrected chi connectivity index (χ1v) is 11.3. The highest BCUT2D eigenvalue weighted by Crippen LogP contribution is 2.32. The van der Waals surface area contributed by atoms with Crippen molar-refractivity contribution in [2.75, 3.05) is 26.7 Å². The molecule has 2 aliphatic rings. The minimum absolute atomic E-state index is 0.208. The Bertz CT molecular complexity index is 852. The lowest BCUT2D eigenvalue weighted by atomic mass is 9.83. The number of benzene rings is 1. The highest BCUT2D eigenvalue weighted by atomic mass is 32.1. The molecule has 0 saturated carbocycles. The molecule has 2 atom stereocenters. The van der Waals surface area contributed by atoms with Crippen LogP contribution >= 0.6 is 11.3 Å². The second-order valence-corrected chi connectivity index (χ2v) is 8.73. The van der Waals surface area contributed by atoms with Gasteiger partial charge in [0.05, 0.1) is 13.5 Å². The van der Waals surface area contributed by atoms with E-state index in [2.05, 4.69) is 11.0 Å². The summed E-state index contributed by atoms with van der Waals surface area (Å²) in [7, 11) is 1.68. The van der Waals surface area contributed by atoms with Crippen molar-refractivity contribution in [1.29, 1.82) is 0 Å². The molecule has 0 unspecified atom stereocenters. The SMILES string of the molecule is COc1ccccc1CCN1C(=O)CC[C@H]2CN(C(=O)Cc3ccsc3)CC[C@H]21. The fourth-order valence-corrected chi connectivity index (χ4v) is 5.37. The van der Waals surface area contributed by atoms with Gasteiger partial charge in [0.15, 0.2) is 0 Å². The van der Waals surface area contributed by atoms with Crippen molar-refractivity contribution >= 4 is 23.2 Å². The molecule has 3 heterocycles. The molecule has 2 aromatic rings. The second-order valence-electron chi connectivity index (χ2n) is 7.95. The average molecular weight is 413 g/mol. The summed E-state index contributed by atoms with van der Waals surface area (Å²) in [5.74, 6) is 1.71. The van der Waals surface area contributed by atoms with Gasteiger partial charge < -0.3 is 14.5 Å². The van der Waals surface area contributed by atoms with Crippen molar-refractivity contribution < 1.29 is 14.3 Å². The van der Waals surface area contributed by atoms with Crippen molar-refractivity contribution in [1.82, 2.24) is 9.80 Å². The summed E-state index contributed by atoms with van der Waals surface area (Å²) in [6.07, 6.45) is 3.62. The molecule has 2 amide bonds. The first kappa shape index (κ1) is 20.0. The minimum Gasteiger partial charge on any atom is -0.496 e. The van der Waals surface area contributed by atoms with Crippen LogP contribution in [0.15, 0.2) is 41.1 Å². The molecule has 154 valence electrons. The van der Waals surface area contributed by atoms with Gasteiger partial charge in [0.25, 0.3) is 0 Å². The van der Waals surface area contributed by atoms with Crippen molar-refractivity contribution in [2.45, 2.75) is 38.1 Å². The van der Waals surface area contributed by atoms with Gasteiger partial charge in [-0.3, -0.25) is 9.59 Å². The fraction of sp³-hybridized carbons (Fsp3) is 0.478. The van der Waals surface area contributed by atoms with Crippen LogP contribution in [0, 0.1) is 5.92 Å². The third kappa shape index (κ3) is 4.47. The largest absolute Gasteiger partial charge is 0.496 e. The lowest BCUT2D eigenvalue weighted by Crippen LogP contribution is -2.57. The van der Waals surface area contributed by atoms with Crippen LogP contribution in [0.2, 0.25) is 0 Å². The van der Waals surface area contributed by atoms with Crippen molar-refractivity contribution in [3.8, 4) is 5.75 Å². The van der Waals surface area contributed by atoms with Crippen LogP contribution in [0.4, 0.5) is 0 Å². The van der Waals surface area contributed by atoms with Crippen LogP contribution in [0.1, 0.15) is 30.4 Å². The van der Waals surface area contributed by atoms with Gasteiger partial charge in [0.1, 0.15) is 5.75 Å². The van der Waals surface area contributed by atoms with Crippen molar-refractivity contribution in [2.24, 2.45) is 5.92 Å². The molecule has 0 bridgehead atoms. The molecule has 2 saturated heterocycles. The first-order valence-electron chi connectivity index (χ1n) is 10.4. The maximum Gasteiger partial charge on any atom is 0.227 e. The van der Waals surface area contributed by atoms with E-state index in [4.69, 9.17) is 4.74 Å². The molecule has 29 heavy (non-hydrogen) atoms. The van der Waals surface area contributed by atoms with Gasteiger partial charge in [-0.05, 0) is 59.2 Å². The number of carbonyl (C=O) groups is 2. The maximum absolute atomic E-state index is 12.7. The van der Waals surface area contributed by atoms with Crippen molar-refractivity contribution in [3.63, 3.8) is 0 Å². The zero-order valence-corrected chi connectivity index (χ0v) is 17.7. The highest BCUT2D eigenvalue weighted by molar-refractivity contribution is 7.08. The molecule has 2 aliphatic heterocycles. The molecule has 0 aliphatic carbocycles. The summed E-state index contributed by atoms with van der Waals surface area (Å²) in [5.41, 5.74) is 2.23. The Morgan fingerprint density at radius 1 is 1.24 bits per heavy atom. The van der Waals surface area contributed by atoms with Gasteiger partial charge in [0.2, 0.25) is 11.8 Å². The average Bonchev–Trinajstić information content (AvgIpc) is 3.26. The van der Waals surface area contributed by atoms with Crippen LogP contribution in [-0.4, -0.2) is 54.4 Å². The van der Waals surface area contributed by atoms with E-state index in [1.165, 1.54) is 0 Å². The zero-order chi connectivity index (χ0) is 20.2. The number of thiophene rings is 1. The molecular weight excluding hydrogens is 384 g/mol. The number of amides is 2. The maximum atomic E-state index is 12.7. The Hall–Kier alpha value is -2.34. The molecule has 5 nitrogen and oxygen atoms in total. The number of para-hydroxylation sites is 1. The number of nitrogens with zero attached hydrogens (tertiary/aromatic N) is 2. The van der Waals surface area contributed by atoms with Gasteiger partial charge >= 0.3 is 0 Å². The molecule has 0 spiro atoms. The number of methoxy groups -OCH3 is 1. The van der Waals surface area contributed by atoms with Gasteiger partial charge in [-0.15, -0.1) is 0 Å². The summed E-state index contributed by atoms with van der Waals surface area (Å²) < 4.78 is 5.46. The molecule has 6 heteroatoms. The first-order chi connectivity index (χ1) is 14.2. The smallest absolute Gasteiger partial charge is 0.227 e. The number of piperidine rings is 2. The number of hydrogen-bond donors (Lipinski definition) is 0. The lowest BCUT2D eigenvalue weighted by Gasteiger charge is -2.47. The number of carbonyl (C=O) groups excluding carboxylic acids is 2. The number of ether oxygens (including phenoxy) is 1. The minimum atomic E-state index is 0.208. The van der Waals surface area contributed by atoms with Crippen molar-refractivity contribution in [3.05, 3.63) is 52.2 Å². The summed E-state index contributed by atoms with van der Waals surface area (Å²) in [6.45, 7) is 2.22. The quantitative estimate of drug-likeness (QED) is 0.731. The third-order valence-corrected chi connectivity index (χ3v) is 6.98. The summed E-state index contributed by atoms with van der Waals surface area (Å²) in [4.78, 5) is 29.4. The van der Waals surface area contributed by atoms with E-state index in [9.17, 15) is 9.59 Å². The number of likely N-dealkylation sites (tertiary alicyclic amines) is 2.